The van der Waals surface area contributed by atoms with Gasteiger partial charge in [0.15, 0.2) is 0 Å². The highest BCUT2D eigenvalue weighted by Gasteiger charge is 2.24. The molecule has 1 atom stereocenters. The van der Waals surface area contributed by atoms with Gasteiger partial charge in [0.25, 0.3) is 0 Å². The van der Waals surface area contributed by atoms with E-state index in [0.717, 1.165) is 19.5 Å². The second kappa shape index (κ2) is 5.28. The van der Waals surface area contributed by atoms with Crippen LogP contribution in [-0.2, 0) is 6.42 Å². The number of piperidine rings is 1. The molecular weight excluding hydrogens is 256 g/mol. The highest BCUT2D eigenvalue weighted by Crippen LogP contribution is 2.38. The molecule has 0 amide bonds. The summed E-state index contributed by atoms with van der Waals surface area (Å²) < 4.78 is 0. The van der Waals surface area contributed by atoms with Crippen molar-refractivity contribution < 1.29 is 0 Å². The molecular formula is C19H22N2. The van der Waals surface area contributed by atoms with Crippen molar-refractivity contribution in [2.45, 2.75) is 25.3 Å². The molecule has 1 heterocycles. The lowest BCUT2D eigenvalue weighted by Crippen LogP contribution is -2.33. The van der Waals surface area contributed by atoms with E-state index in [2.05, 4.69) is 47.8 Å². The molecule has 1 aliphatic carbocycles. The third-order valence-corrected chi connectivity index (χ3v) is 5.09. The highest BCUT2D eigenvalue weighted by molar-refractivity contribution is 5.77. The van der Waals surface area contributed by atoms with Gasteiger partial charge < -0.3 is 11.1 Å². The lowest BCUT2D eigenvalue weighted by atomic mass is 9.85. The standard InChI is InChI=1S/C19H22N2/c20-19(13-7-9-21-10-8-13)15-5-6-18-16(12-15)11-14-3-1-2-4-17(14)18/h1-6,12-13,19,21H,7-11,20H2/t19-/m1/s1. The number of nitrogens with one attached hydrogen (secondary N) is 1. The molecule has 0 spiro atoms. The average molecular weight is 278 g/mol. The molecule has 4 rings (SSSR count). The van der Waals surface area contributed by atoms with Gasteiger partial charge in [-0.15, -0.1) is 0 Å². The van der Waals surface area contributed by atoms with E-state index in [0.29, 0.717) is 5.92 Å². The van der Waals surface area contributed by atoms with Gasteiger partial charge in [0.2, 0.25) is 0 Å². The van der Waals surface area contributed by atoms with Crippen molar-refractivity contribution in [1.29, 1.82) is 0 Å². The molecule has 0 radical (unpaired) electrons. The summed E-state index contributed by atoms with van der Waals surface area (Å²) in [5, 5.41) is 3.42. The van der Waals surface area contributed by atoms with E-state index < -0.39 is 0 Å². The molecule has 2 nitrogen and oxygen atoms in total. The number of benzene rings is 2. The van der Waals surface area contributed by atoms with Crippen molar-refractivity contribution in [2.24, 2.45) is 11.7 Å². The van der Waals surface area contributed by atoms with Crippen molar-refractivity contribution in [3.63, 3.8) is 0 Å². The summed E-state index contributed by atoms with van der Waals surface area (Å²) in [4.78, 5) is 0. The van der Waals surface area contributed by atoms with Crippen LogP contribution < -0.4 is 11.1 Å². The zero-order valence-corrected chi connectivity index (χ0v) is 12.3. The predicted molar refractivity (Wildman–Crippen MR) is 87.2 cm³/mol. The van der Waals surface area contributed by atoms with Crippen LogP contribution in [0.2, 0.25) is 0 Å². The van der Waals surface area contributed by atoms with Crippen molar-refractivity contribution in [3.8, 4) is 11.1 Å². The van der Waals surface area contributed by atoms with Gasteiger partial charge in [0, 0.05) is 6.04 Å². The first-order chi connectivity index (χ1) is 10.3. The Morgan fingerprint density at radius 1 is 0.952 bits per heavy atom. The fourth-order valence-corrected chi connectivity index (χ4v) is 3.85. The Balaban J connectivity index is 1.63. The molecule has 0 unspecified atom stereocenters. The molecule has 2 aromatic rings. The number of fused-ring (bicyclic) bond motifs is 3. The zero-order chi connectivity index (χ0) is 14.2. The first kappa shape index (κ1) is 13.1. The summed E-state index contributed by atoms with van der Waals surface area (Å²) in [7, 11) is 0. The van der Waals surface area contributed by atoms with Gasteiger partial charge in [-0.3, -0.25) is 0 Å². The van der Waals surface area contributed by atoms with Gasteiger partial charge in [-0.1, -0.05) is 42.5 Å². The van der Waals surface area contributed by atoms with Gasteiger partial charge in [-0.05, 0) is 66.1 Å². The van der Waals surface area contributed by atoms with E-state index in [1.807, 2.05) is 0 Å². The quantitative estimate of drug-likeness (QED) is 0.755. The van der Waals surface area contributed by atoms with Crippen molar-refractivity contribution in [1.82, 2.24) is 5.32 Å². The van der Waals surface area contributed by atoms with Crippen LogP contribution in [0.3, 0.4) is 0 Å². The van der Waals surface area contributed by atoms with Crippen molar-refractivity contribution in [3.05, 3.63) is 59.2 Å². The molecule has 2 heteroatoms. The second-order valence-corrected chi connectivity index (χ2v) is 6.36. The number of hydrogen-bond donors (Lipinski definition) is 2. The van der Waals surface area contributed by atoms with Crippen LogP contribution in [-0.4, -0.2) is 13.1 Å². The minimum absolute atomic E-state index is 0.182. The first-order valence-corrected chi connectivity index (χ1v) is 8.00. The third kappa shape index (κ3) is 2.29. The summed E-state index contributed by atoms with van der Waals surface area (Å²) in [6, 6.07) is 15.8. The molecule has 0 saturated carbocycles. The first-order valence-electron chi connectivity index (χ1n) is 8.00. The lowest BCUT2D eigenvalue weighted by Gasteiger charge is -2.28. The second-order valence-electron chi connectivity index (χ2n) is 6.36. The monoisotopic (exact) mass is 278 g/mol. The van der Waals surface area contributed by atoms with E-state index in [1.165, 1.54) is 40.7 Å². The maximum Gasteiger partial charge on any atom is 0.0324 e. The number of nitrogens with two attached hydrogens (primary N) is 1. The molecule has 1 fully saturated rings. The van der Waals surface area contributed by atoms with E-state index in [9.17, 15) is 0 Å². The van der Waals surface area contributed by atoms with Gasteiger partial charge in [-0.2, -0.15) is 0 Å². The number of rotatable bonds is 2. The van der Waals surface area contributed by atoms with Crippen LogP contribution in [0, 0.1) is 5.92 Å². The average Bonchev–Trinajstić information content (AvgIpc) is 2.92. The minimum atomic E-state index is 0.182. The molecule has 2 aromatic carbocycles. The van der Waals surface area contributed by atoms with Crippen LogP contribution in [0.4, 0.5) is 0 Å². The highest BCUT2D eigenvalue weighted by atomic mass is 14.9. The topological polar surface area (TPSA) is 38.0 Å². The smallest absolute Gasteiger partial charge is 0.0324 e. The molecule has 0 bridgehead atoms. The van der Waals surface area contributed by atoms with Crippen LogP contribution >= 0.6 is 0 Å². The molecule has 21 heavy (non-hydrogen) atoms. The molecule has 1 saturated heterocycles. The maximum absolute atomic E-state index is 6.54. The Hall–Kier alpha value is -1.64. The SMILES string of the molecule is N[C@@H](c1ccc2c(c1)Cc1ccccc1-2)C1CCNCC1. The Morgan fingerprint density at radius 3 is 2.57 bits per heavy atom. The fraction of sp³-hybridized carbons (Fsp3) is 0.368. The third-order valence-electron chi connectivity index (χ3n) is 5.09. The summed E-state index contributed by atoms with van der Waals surface area (Å²) in [5.74, 6) is 0.619. The van der Waals surface area contributed by atoms with Crippen LogP contribution in [0.25, 0.3) is 11.1 Å². The molecule has 1 aliphatic heterocycles. The summed E-state index contributed by atoms with van der Waals surface area (Å²) in [6.07, 6.45) is 3.44. The Kier molecular flexibility index (Phi) is 3.28. The van der Waals surface area contributed by atoms with Gasteiger partial charge >= 0.3 is 0 Å². The number of hydrogen-bond acceptors (Lipinski definition) is 2. The Labute approximate surface area is 126 Å². The van der Waals surface area contributed by atoms with E-state index in [1.54, 1.807) is 0 Å². The van der Waals surface area contributed by atoms with Crippen LogP contribution in [0.1, 0.15) is 35.6 Å². The summed E-state index contributed by atoms with van der Waals surface area (Å²) in [6.45, 7) is 2.21. The van der Waals surface area contributed by atoms with Crippen molar-refractivity contribution >= 4 is 0 Å². The zero-order valence-electron chi connectivity index (χ0n) is 12.3. The van der Waals surface area contributed by atoms with Crippen LogP contribution in [0.5, 0.6) is 0 Å². The van der Waals surface area contributed by atoms with Gasteiger partial charge in [0.05, 0.1) is 0 Å². The van der Waals surface area contributed by atoms with E-state index in [-0.39, 0.29) is 6.04 Å². The molecule has 3 N–H and O–H groups in total. The normalized spacial score (nSPS) is 19.1. The summed E-state index contributed by atoms with van der Waals surface area (Å²) in [5.41, 5.74) is 13.5. The fourth-order valence-electron chi connectivity index (χ4n) is 3.85. The maximum atomic E-state index is 6.54. The molecule has 2 aliphatic rings. The Bertz CT molecular complexity index is 656. The molecule has 108 valence electrons. The van der Waals surface area contributed by atoms with Crippen LogP contribution in [0.15, 0.2) is 42.5 Å². The molecule has 0 aromatic heterocycles. The van der Waals surface area contributed by atoms with E-state index in [4.69, 9.17) is 5.73 Å². The van der Waals surface area contributed by atoms with E-state index >= 15 is 0 Å². The van der Waals surface area contributed by atoms with Gasteiger partial charge in [0.1, 0.15) is 0 Å². The largest absolute Gasteiger partial charge is 0.324 e. The summed E-state index contributed by atoms with van der Waals surface area (Å²) >= 11 is 0. The predicted octanol–water partition coefficient (Wildman–Crippen LogP) is 3.26. The lowest BCUT2D eigenvalue weighted by molar-refractivity contribution is 0.322. The Morgan fingerprint density at radius 2 is 1.71 bits per heavy atom. The van der Waals surface area contributed by atoms with Crippen molar-refractivity contribution in [2.75, 3.05) is 13.1 Å². The van der Waals surface area contributed by atoms with Gasteiger partial charge in [-0.25, -0.2) is 0 Å². The minimum Gasteiger partial charge on any atom is -0.324 e.